The third-order valence-electron chi connectivity index (χ3n) is 4.66. The molecule has 2 amide bonds. The quantitative estimate of drug-likeness (QED) is 0.845. The summed E-state index contributed by atoms with van der Waals surface area (Å²) in [6, 6.07) is 1.98. The maximum absolute atomic E-state index is 12.6. The van der Waals surface area contributed by atoms with Crippen LogP contribution in [-0.2, 0) is 22.6 Å². The Labute approximate surface area is 136 Å². The molecule has 2 aliphatic heterocycles. The van der Waals surface area contributed by atoms with Crippen LogP contribution >= 0.6 is 0 Å². The van der Waals surface area contributed by atoms with Crippen LogP contribution in [0.25, 0.3) is 0 Å². The molecule has 0 saturated carbocycles. The second-order valence-corrected chi connectivity index (χ2v) is 6.15. The van der Waals surface area contributed by atoms with Crippen LogP contribution in [-0.4, -0.2) is 53.3 Å². The van der Waals surface area contributed by atoms with Gasteiger partial charge in [0.25, 0.3) is 0 Å². The van der Waals surface area contributed by atoms with Crippen molar-refractivity contribution < 1.29 is 14.3 Å². The molecule has 0 aliphatic carbocycles. The van der Waals surface area contributed by atoms with E-state index < -0.39 is 0 Å². The van der Waals surface area contributed by atoms with Gasteiger partial charge in [-0.1, -0.05) is 6.42 Å². The first-order valence-electron chi connectivity index (χ1n) is 8.25. The van der Waals surface area contributed by atoms with Crippen molar-refractivity contribution >= 4 is 11.8 Å². The van der Waals surface area contributed by atoms with Crippen molar-refractivity contribution in [3.05, 3.63) is 23.4 Å². The van der Waals surface area contributed by atoms with E-state index >= 15 is 0 Å². The number of ether oxygens (including phenoxy) is 1. The Morgan fingerprint density at radius 2 is 2.13 bits per heavy atom. The zero-order valence-electron chi connectivity index (χ0n) is 13.6. The zero-order chi connectivity index (χ0) is 16.2. The molecule has 3 rings (SSSR count). The van der Waals surface area contributed by atoms with Crippen LogP contribution in [0.1, 0.15) is 36.8 Å². The normalized spacial score (nSPS) is 18.4. The highest BCUT2D eigenvalue weighted by Gasteiger charge is 2.26. The van der Waals surface area contributed by atoms with Gasteiger partial charge in [-0.3, -0.25) is 9.59 Å². The van der Waals surface area contributed by atoms with Gasteiger partial charge >= 0.3 is 0 Å². The summed E-state index contributed by atoms with van der Waals surface area (Å²) in [5, 5.41) is 0. The Kier molecular flexibility index (Phi) is 4.79. The van der Waals surface area contributed by atoms with Crippen molar-refractivity contribution in [1.82, 2.24) is 14.8 Å². The summed E-state index contributed by atoms with van der Waals surface area (Å²) in [6.07, 6.45) is 6.09. The topological polar surface area (TPSA) is 62.7 Å². The summed E-state index contributed by atoms with van der Waals surface area (Å²) in [7, 11) is 1.60. The molecule has 0 aromatic carbocycles. The van der Waals surface area contributed by atoms with E-state index in [0.717, 1.165) is 31.2 Å². The lowest BCUT2D eigenvalue weighted by atomic mass is 10.0. The summed E-state index contributed by atoms with van der Waals surface area (Å²) in [6.45, 7) is 2.07. The Morgan fingerprint density at radius 1 is 1.26 bits per heavy atom. The molecule has 0 bridgehead atoms. The van der Waals surface area contributed by atoms with Crippen molar-refractivity contribution in [1.29, 1.82) is 0 Å². The second-order valence-electron chi connectivity index (χ2n) is 6.15. The minimum Gasteiger partial charge on any atom is -0.481 e. The van der Waals surface area contributed by atoms with Crippen molar-refractivity contribution in [2.75, 3.05) is 26.7 Å². The number of carbonyl (C=O) groups excluding carboxylic acids is 2. The summed E-state index contributed by atoms with van der Waals surface area (Å²) < 4.78 is 5.31. The molecule has 0 radical (unpaired) electrons. The van der Waals surface area contributed by atoms with Crippen LogP contribution in [0.4, 0.5) is 0 Å². The van der Waals surface area contributed by atoms with E-state index in [-0.39, 0.29) is 18.4 Å². The molecule has 6 nitrogen and oxygen atoms in total. The van der Waals surface area contributed by atoms with Crippen LogP contribution in [0.3, 0.4) is 0 Å². The van der Waals surface area contributed by atoms with Gasteiger partial charge in [0.05, 0.1) is 20.2 Å². The minimum atomic E-state index is 0.0109. The fourth-order valence-corrected chi connectivity index (χ4v) is 3.30. The summed E-state index contributed by atoms with van der Waals surface area (Å²) >= 11 is 0. The molecule has 0 unspecified atom stereocenters. The molecule has 1 aromatic rings. The zero-order valence-corrected chi connectivity index (χ0v) is 13.6. The lowest BCUT2D eigenvalue weighted by Gasteiger charge is -2.31. The summed E-state index contributed by atoms with van der Waals surface area (Å²) in [5.41, 5.74) is 2.17. The van der Waals surface area contributed by atoms with Crippen molar-refractivity contribution in [2.24, 2.45) is 0 Å². The number of hydrogen-bond acceptors (Lipinski definition) is 4. The number of nitrogens with zero attached hydrogens (tertiary/aromatic N) is 3. The van der Waals surface area contributed by atoms with Crippen LogP contribution in [0.2, 0.25) is 0 Å². The predicted octanol–water partition coefficient (Wildman–Crippen LogP) is 1.38. The molecule has 1 fully saturated rings. The first-order chi connectivity index (χ1) is 11.2. The predicted molar refractivity (Wildman–Crippen MR) is 85.0 cm³/mol. The standard InChI is InChI=1S/C17H23N3O3/c1-23-17-14-11-20(10-7-13(14)6-8-18-17)16(22)12-19-9-4-2-3-5-15(19)21/h6,8H,2-5,7,9-12H2,1H3. The van der Waals surface area contributed by atoms with Crippen LogP contribution in [0.15, 0.2) is 12.3 Å². The molecule has 0 atom stereocenters. The highest BCUT2D eigenvalue weighted by atomic mass is 16.5. The smallest absolute Gasteiger partial charge is 0.242 e. The molecule has 6 heteroatoms. The average molecular weight is 317 g/mol. The van der Waals surface area contributed by atoms with Gasteiger partial charge in [-0.15, -0.1) is 0 Å². The van der Waals surface area contributed by atoms with Gasteiger partial charge in [-0.05, 0) is 30.9 Å². The number of fused-ring (bicyclic) bond motifs is 1. The average Bonchev–Trinajstić information content (AvgIpc) is 2.78. The van der Waals surface area contributed by atoms with Crippen molar-refractivity contribution in [3.8, 4) is 5.88 Å². The number of likely N-dealkylation sites (tertiary alicyclic amines) is 1. The number of amides is 2. The largest absolute Gasteiger partial charge is 0.481 e. The maximum atomic E-state index is 12.6. The number of hydrogen-bond donors (Lipinski definition) is 0. The Hall–Kier alpha value is -2.11. The molecule has 0 N–H and O–H groups in total. The summed E-state index contributed by atoms with van der Waals surface area (Å²) in [4.78, 5) is 32.4. The fraction of sp³-hybridized carbons (Fsp3) is 0.588. The minimum absolute atomic E-state index is 0.0109. The molecule has 3 heterocycles. The SMILES string of the molecule is COc1nccc2c1CN(C(=O)CN1CCCCCC1=O)CC2. The highest BCUT2D eigenvalue weighted by molar-refractivity contribution is 5.85. The van der Waals surface area contributed by atoms with Crippen molar-refractivity contribution in [3.63, 3.8) is 0 Å². The first kappa shape index (κ1) is 15.8. The molecule has 1 saturated heterocycles. The van der Waals surface area contributed by atoms with Gasteiger partial charge in [-0.25, -0.2) is 4.98 Å². The van der Waals surface area contributed by atoms with E-state index in [9.17, 15) is 9.59 Å². The summed E-state index contributed by atoms with van der Waals surface area (Å²) in [5.74, 6) is 0.704. The molecule has 124 valence electrons. The van der Waals surface area contributed by atoms with Crippen LogP contribution < -0.4 is 4.74 Å². The second kappa shape index (κ2) is 6.98. The van der Waals surface area contributed by atoms with Gasteiger partial charge in [0.15, 0.2) is 0 Å². The first-order valence-corrected chi connectivity index (χ1v) is 8.25. The van der Waals surface area contributed by atoms with E-state index in [1.54, 1.807) is 18.2 Å². The molecule has 0 spiro atoms. The molecule has 2 aliphatic rings. The van der Waals surface area contributed by atoms with E-state index in [1.807, 2.05) is 11.0 Å². The molecule has 23 heavy (non-hydrogen) atoms. The van der Waals surface area contributed by atoms with E-state index in [2.05, 4.69) is 4.98 Å². The lowest BCUT2D eigenvalue weighted by Crippen LogP contribution is -2.44. The fourth-order valence-electron chi connectivity index (χ4n) is 3.30. The Morgan fingerprint density at radius 3 is 2.96 bits per heavy atom. The van der Waals surface area contributed by atoms with E-state index in [4.69, 9.17) is 4.74 Å². The third-order valence-corrected chi connectivity index (χ3v) is 4.66. The van der Waals surface area contributed by atoms with Crippen LogP contribution in [0, 0.1) is 0 Å². The third kappa shape index (κ3) is 3.46. The highest BCUT2D eigenvalue weighted by Crippen LogP contribution is 2.26. The van der Waals surface area contributed by atoms with Crippen LogP contribution in [0.5, 0.6) is 5.88 Å². The number of methoxy groups -OCH3 is 1. The molecular formula is C17H23N3O3. The number of pyridine rings is 1. The van der Waals surface area contributed by atoms with E-state index in [1.165, 1.54) is 5.56 Å². The van der Waals surface area contributed by atoms with Gasteiger partial charge in [0.1, 0.15) is 0 Å². The van der Waals surface area contributed by atoms with Gasteiger partial charge in [0.2, 0.25) is 17.7 Å². The lowest BCUT2D eigenvalue weighted by molar-refractivity contribution is -0.140. The van der Waals surface area contributed by atoms with E-state index in [0.29, 0.717) is 31.9 Å². The monoisotopic (exact) mass is 317 g/mol. The number of rotatable bonds is 3. The number of carbonyl (C=O) groups is 2. The Balaban J connectivity index is 1.68. The van der Waals surface area contributed by atoms with Crippen molar-refractivity contribution in [2.45, 2.75) is 38.6 Å². The van der Waals surface area contributed by atoms with Gasteiger partial charge < -0.3 is 14.5 Å². The Bertz CT molecular complexity index is 588. The maximum Gasteiger partial charge on any atom is 0.242 e. The van der Waals surface area contributed by atoms with Gasteiger partial charge in [0, 0.05) is 31.3 Å². The number of aromatic nitrogens is 1. The van der Waals surface area contributed by atoms with Gasteiger partial charge in [-0.2, -0.15) is 0 Å². The molecular weight excluding hydrogens is 294 g/mol. The molecule has 1 aromatic heterocycles.